The van der Waals surface area contributed by atoms with Gasteiger partial charge in [0.1, 0.15) is 6.61 Å². The van der Waals surface area contributed by atoms with E-state index in [0.29, 0.717) is 38.7 Å². The van der Waals surface area contributed by atoms with Crippen LogP contribution in [0, 0.1) is 5.92 Å². The van der Waals surface area contributed by atoms with Crippen LogP contribution in [0.25, 0.3) is 0 Å². The second-order valence-electron chi connectivity index (χ2n) is 9.53. The van der Waals surface area contributed by atoms with E-state index >= 15 is 0 Å². The van der Waals surface area contributed by atoms with Crippen molar-refractivity contribution in [3.63, 3.8) is 0 Å². The second kappa shape index (κ2) is 16.4. The van der Waals surface area contributed by atoms with Crippen molar-refractivity contribution in [2.24, 2.45) is 5.92 Å². The van der Waals surface area contributed by atoms with Crippen LogP contribution < -0.4 is 10.6 Å². The molecular weight excluding hydrogens is 484 g/mol. The molecule has 8 heteroatoms. The third-order valence-electron chi connectivity index (χ3n) is 6.27. The maximum absolute atomic E-state index is 13.3. The molecule has 3 rings (SSSR count). The smallest absolute Gasteiger partial charge is 0.305 e. The molecule has 0 saturated heterocycles. The van der Waals surface area contributed by atoms with Crippen LogP contribution in [0.2, 0.25) is 0 Å². The van der Waals surface area contributed by atoms with Crippen molar-refractivity contribution in [2.45, 2.75) is 57.2 Å². The van der Waals surface area contributed by atoms with Crippen molar-refractivity contribution in [3.05, 3.63) is 83.9 Å². The molecule has 3 atom stereocenters. The van der Waals surface area contributed by atoms with Crippen molar-refractivity contribution >= 4 is 17.8 Å². The SMILES string of the molecule is O=C(C[C@H]1CC=CCCCC(=O)OC[C@H](COCc2ccccc2)NC1=O)N[C@H](CO)Cc1ccccc1. The average Bonchev–Trinajstić information content (AvgIpc) is 2.94. The molecule has 0 saturated carbocycles. The number of amides is 2. The zero-order chi connectivity index (χ0) is 27.0. The largest absolute Gasteiger partial charge is 0.463 e. The fourth-order valence-electron chi connectivity index (χ4n) is 4.21. The number of rotatable bonds is 10. The highest BCUT2D eigenvalue weighted by atomic mass is 16.5. The Hall–Kier alpha value is -3.49. The lowest BCUT2D eigenvalue weighted by Crippen LogP contribution is -2.46. The van der Waals surface area contributed by atoms with E-state index in [2.05, 4.69) is 10.6 Å². The highest BCUT2D eigenvalue weighted by Crippen LogP contribution is 2.14. The first-order valence-electron chi connectivity index (χ1n) is 13.2. The Kier molecular flexibility index (Phi) is 12.5. The number of hydrogen-bond donors (Lipinski definition) is 3. The fraction of sp³-hybridized carbons (Fsp3) is 0.433. The Morgan fingerprint density at radius 2 is 1.76 bits per heavy atom. The number of esters is 1. The summed E-state index contributed by atoms with van der Waals surface area (Å²) in [7, 11) is 0. The van der Waals surface area contributed by atoms with Gasteiger partial charge in [-0.1, -0.05) is 72.8 Å². The Labute approximate surface area is 224 Å². The monoisotopic (exact) mass is 522 g/mol. The van der Waals surface area contributed by atoms with E-state index in [9.17, 15) is 19.5 Å². The highest BCUT2D eigenvalue weighted by molar-refractivity contribution is 5.86. The summed E-state index contributed by atoms with van der Waals surface area (Å²) in [5.74, 6) is -1.54. The van der Waals surface area contributed by atoms with Crippen LogP contribution in [-0.4, -0.2) is 54.8 Å². The number of aliphatic hydroxyl groups is 1. The summed E-state index contributed by atoms with van der Waals surface area (Å²) in [5.41, 5.74) is 2.00. The van der Waals surface area contributed by atoms with Gasteiger partial charge in [0.15, 0.2) is 0 Å². The molecule has 1 aliphatic rings. The van der Waals surface area contributed by atoms with Crippen LogP contribution in [0.15, 0.2) is 72.8 Å². The van der Waals surface area contributed by atoms with E-state index in [4.69, 9.17) is 9.47 Å². The standard InChI is InChI=1S/C30H38N2O6/c33-19-26(17-23-11-5-3-6-12-23)31-28(34)18-25-15-9-1-2-10-16-29(35)38-22-27(32-30(25)36)21-37-20-24-13-7-4-8-14-24/h1,3-9,11-14,25-27,33H,2,10,15-22H2,(H,31,34)(H,32,36)/t25-,26+,27+/m1/s1. The van der Waals surface area contributed by atoms with Crippen LogP contribution in [0.1, 0.15) is 43.2 Å². The summed E-state index contributed by atoms with van der Waals surface area (Å²) in [6, 6.07) is 18.3. The maximum Gasteiger partial charge on any atom is 0.305 e. The molecule has 0 spiro atoms. The van der Waals surface area contributed by atoms with E-state index in [0.717, 1.165) is 11.1 Å². The zero-order valence-corrected chi connectivity index (χ0v) is 21.7. The molecular formula is C30H38N2O6. The lowest BCUT2D eigenvalue weighted by Gasteiger charge is -2.23. The molecule has 0 aliphatic carbocycles. The third kappa shape index (κ3) is 10.9. The predicted molar refractivity (Wildman–Crippen MR) is 144 cm³/mol. The molecule has 0 radical (unpaired) electrons. The summed E-state index contributed by atoms with van der Waals surface area (Å²) >= 11 is 0. The Bertz CT molecular complexity index is 1030. The van der Waals surface area contributed by atoms with Gasteiger partial charge in [0.25, 0.3) is 0 Å². The topological polar surface area (TPSA) is 114 Å². The van der Waals surface area contributed by atoms with Gasteiger partial charge in [-0.25, -0.2) is 0 Å². The summed E-state index contributed by atoms with van der Waals surface area (Å²) in [4.78, 5) is 38.2. The van der Waals surface area contributed by atoms with E-state index in [1.54, 1.807) is 0 Å². The number of benzene rings is 2. The van der Waals surface area contributed by atoms with Gasteiger partial charge in [0.05, 0.1) is 37.8 Å². The summed E-state index contributed by atoms with van der Waals surface area (Å²) in [6.07, 6.45) is 6.28. The van der Waals surface area contributed by atoms with E-state index in [-0.39, 0.29) is 44.0 Å². The highest BCUT2D eigenvalue weighted by Gasteiger charge is 2.25. The van der Waals surface area contributed by atoms with Crippen LogP contribution in [-0.2, 0) is 36.9 Å². The number of ether oxygens (including phenoxy) is 2. The predicted octanol–water partition coefficient (Wildman–Crippen LogP) is 3.09. The zero-order valence-electron chi connectivity index (χ0n) is 21.7. The molecule has 3 N–H and O–H groups in total. The number of carbonyl (C=O) groups excluding carboxylic acids is 3. The van der Waals surface area contributed by atoms with Crippen LogP contribution in [0.3, 0.4) is 0 Å². The Morgan fingerprint density at radius 1 is 1.05 bits per heavy atom. The van der Waals surface area contributed by atoms with Gasteiger partial charge in [-0.05, 0) is 36.8 Å². The van der Waals surface area contributed by atoms with E-state index < -0.39 is 18.0 Å². The quantitative estimate of drug-likeness (QED) is 0.326. The van der Waals surface area contributed by atoms with Gasteiger partial charge in [-0.2, -0.15) is 0 Å². The molecule has 38 heavy (non-hydrogen) atoms. The minimum Gasteiger partial charge on any atom is -0.463 e. The number of cyclic esters (lactones) is 1. The second-order valence-corrected chi connectivity index (χ2v) is 9.53. The van der Waals surface area contributed by atoms with Gasteiger partial charge in [0.2, 0.25) is 11.8 Å². The molecule has 2 aromatic carbocycles. The molecule has 204 valence electrons. The Morgan fingerprint density at radius 3 is 2.47 bits per heavy atom. The van der Waals surface area contributed by atoms with Gasteiger partial charge >= 0.3 is 5.97 Å². The molecule has 2 aromatic rings. The van der Waals surface area contributed by atoms with Crippen molar-refractivity contribution in [1.82, 2.24) is 10.6 Å². The lowest BCUT2D eigenvalue weighted by atomic mass is 9.98. The van der Waals surface area contributed by atoms with Gasteiger partial charge in [0, 0.05) is 12.8 Å². The van der Waals surface area contributed by atoms with Crippen LogP contribution >= 0.6 is 0 Å². The number of hydrogen-bond acceptors (Lipinski definition) is 6. The van der Waals surface area contributed by atoms with Crippen molar-refractivity contribution in [2.75, 3.05) is 19.8 Å². The minimum atomic E-state index is -0.615. The molecule has 0 unspecified atom stereocenters. The summed E-state index contributed by atoms with van der Waals surface area (Å²) in [6.45, 7) is 0.311. The first-order chi connectivity index (χ1) is 18.5. The molecule has 2 amide bonds. The van der Waals surface area contributed by atoms with E-state index in [1.807, 2.05) is 72.8 Å². The van der Waals surface area contributed by atoms with Crippen LogP contribution in [0.5, 0.6) is 0 Å². The molecule has 0 fully saturated rings. The normalized spacial score (nSPS) is 19.7. The number of allylic oxidation sites excluding steroid dienone is 2. The number of nitrogens with one attached hydrogen (secondary N) is 2. The molecule has 0 aromatic heterocycles. The minimum absolute atomic E-state index is 0.00459. The van der Waals surface area contributed by atoms with E-state index in [1.165, 1.54) is 0 Å². The maximum atomic E-state index is 13.3. The Balaban J connectivity index is 1.61. The van der Waals surface area contributed by atoms with Crippen molar-refractivity contribution in [3.8, 4) is 0 Å². The third-order valence-corrected chi connectivity index (χ3v) is 6.27. The van der Waals surface area contributed by atoms with Crippen molar-refractivity contribution < 1.29 is 29.0 Å². The molecule has 1 aliphatic heterocycles. The summed E-state index contributed by atoms with van der Waals surface area (Å²) in [5, 5.41) is 15.6. The molecule has 8 nitrogen and oxygen atoms in total. The first-order valence-corrected chi connectivity index (χ1v) is 13.2. The summed E-state index contributed by atoms with van der Waals surface area (Å²) < 4.78 is 11.2. The van der Waals surface area contributed by atoms with Gasteiger partial charge in [-0.3, -0.25) is 14.4 Å². The average molecular weight is 523 g/mol. The number of carbonyl (C=O) groups is 3. The first kappa shape index (κ1) is 29.1. The fourth-order valence-corrected chi connectivity index (χ4v) is 4.21. The van der Waals surface area contributed by atoms with Crippen molar-refractivity contribution in [1.29, 1.82) is 0 Å². The van der Waals surface area contributed by atoms with Gasteiger partial charge in [-0.15, -0.1) is 0 Å². The molecule has 1 heterocycles. The molecule has 0 bridgehead atoms. The van der Waals surface area contributed by atoms with Crippen LogP contribution in [0.4, 0.5) is 0 Å². The van der Waals surface area contributed by atoms with Gasteiger partial charge < -0.3 is 25.2 Å². The lowest BCUT2D eigenvalue weighted by molar-refractivity contribution is -0.146. The number of aliphatic hydroxyl groups excluding tert-OH is 1.